The number of nitrogens with one attached hydrogen (secondary N) is 1. The average molecular weight is 528 g/mol. The van der Waals surface area contributed by atoms with E-state index in [1.165, 1.54) is 0 Å². The first-order valence-electron chi connectivity index (χ1n) is 12.2. The largest absolute Gasteiger partial charge is 0.493 e. The van der Waals surface area contributed by atoms with Crippen molar-refractivity contribution in [1.82, 2.24) is 9.80 Å². The van der Waals surface area contributed by atoms with Gasteiger partial charge in [0.05, 0.1) is 27.0 Å². The number of hydrogen-bond donors (Lipinski definition) is 1. The predicted molar refractivity (Wildman–Crippen MR) is 144 cm³/mol. The smallest absolute Gasteiger partial charge is 0.322 e. The van der Waals surface area contributed by atoms with Gasteiger partial charge in [0.2, 0.25) is 5.91 Å². The zero-order chi connectivity index (χ0) is 26.8. The van der Waals surface area contributed by atoms with Crippen LogP contribution in [-0.4, -0.2) is 55.1 Å². The fourth-order valence-electron chi connectivity index (χ4n) is 3.84. The highest BCUT2D eigenvalue weighted by Gasteiger charge is 2.25. The van der Waals surface area contributed by atoms with E-state index in [2.05, 4.69) is 5.32 Å². The van der Waals surface area contributed by atoms with Crippen LogP contribution in [0.2, 0.25) is 5.02 Å². The minimum atomic E-state index is -0.359. The topological polar surface area (TPSA) is 84.2 Å². The Balaban J connectivity index is 1.76. The zero-order valence-corrected chi connectivity index (χ0v) is 22.5. The fourth-order valence-corrected chi connectivity index (χ4v) is 4.03. The number of carbonyl (C=O) groups excluding carboxylic acids is 2. The fraction of sp³-hybridized carbons (Fsp3) is 0.357. The third kappa shape index (κ3) is 7.92. The molecule has 0 aliphatic heterocycles. The molecule has 3 rings (SSSR count). The van der Waals surface area contributed by atoms with Gasteiger partial charge in [-0.2, -0.15) is 0 Å². The van der Waals surface area contributed by atoms with Crippen molar-refractivity contribution in [3.05, 3.63) is 77.2 Å². The number of nitrogens with zero attached hydrogens (tertiary/aromatic N) is 2. The lowest BCUT2D eigenvalue weighted by atomic mass is 10.1. The Kier molecular flexibility index (Phi) is 10.3. The van der Waals surface area contributed by atoms with E-state index in [1.54, 1.807) is 60.6 Å². The molecule has 0 fully saturated rings. The molecule has 1 N–H and O–H groups in total. The van der Waals surface area contributed by atoms with Gasteiger partial charge in [0.1, 0.15) is 12.3 Å². The van der Waals surface area contributed by atoms with Gasteiger partial charge >= 0.3 is 6.03 Å². The van der Waals surface area contributed by atoms with Crippen LogP contribution in [0.1, 0.15) is 31.6 Å². The highest BCUT2D eigenvalue weighted by molar-refractivity contribution is 6.30. The molecule has 8 nitrogen and oxygen atoms in total. The van der Waals surface area contributed by atoms with Crippen LogP contribution >= 0.6 is 11.6 Å². The molecule has 1 heterocycles. The Morgan fingerprint density at radius 1 is 1.05 bits per heavy atom. The number of rotatable bonds is 12. The van der Waals surface area contributed by atoms with Crippen LogP contribution in [0.15, 0.2) is 65.3 Å². The number of furan rings is 1. The lowest BCUT2D eigenvalue weighted by Crippen LogP contribution is -2.48. The molecule has 0 spiro atoms. The summed E-state index contributed by atoms with van der Waals surface area (Å²) in [5.41, 5.74) is 1.56. The normalized spacial score (nSPS) is 11.5. The summed E-state index contributed by atoms with van der Waals surface area (Å²) in [4.78, 5) is 30.0. The number of urea groups is 1. The molecule has 0 radical (unpaired) electrons. The van der Waals surface area contributed by atoms with Crippen molar-refractivity contribution >= 4 is 29.2 Å². The lowest BCUT2D eigenvalue weighted by Gasteiger charge is -2.31. The number of hydrogen-bond acceptors (Lipinski definition) is 5. The number of carbonyl (C=O) groups is 2. The van der Waals surface area contributed by atoms with Gasteiger partial charge < -0.3 is 29.0 Å². The van der Waals surface area contributed by atoms with E-state index >= 15 is 0 Å². The van der Waals surface area contributed by atoms with Crippen molar-refractivity contribution < 1.29 is 23.5 Å². The van der Waals surface area contributed by atoms with Crippen molar-refractivity contribution in [1.29, 1.82) is 0 Å². The molecule has 1 unspecified atom stereocenters. The molecule has 1 atom stereocenters. The van der Waals surface area contributed by atoms with Crippen molar-refractivity contribution in [2.75, 3.05) is 32.6 Å². The van der Waals surface area contributed by atoms with Crippen LogP contribution in [-0.2, 0) is 17.8 Å². The van der Waals surface area contributed by atoms with Crippen molar-refractivity contribution in [2.45, 2.75) is 39.3 Å². The van der Waals surface area contributed by atoms with Gasteiger partial charge in [0, 0.05) is 23.3 Å². The standard InChI is InChI=1S/C28H34ClN3O5/c1-5-20(2)32(28(34)30-23-9-6-8-22(29)17-23)19-27(33)31(18-24-10-7-15-37-24)14-13-21-11-12-25(35-3)26(16-21)36-4/h6-12,15-17,20H,5,13-14,18-19H2,1-4H3,(H,30,34). The second kappa shape index (κ2) is 13.6. The van der Waals surface area contributed by atoms with Gasteiger partial charge in [-0.15, -0.1) is 0 Å². The molecular formula is C28H34ClN3O5. The maximum Gasteiger partial charge on any atom is 0.322 e. The first-order valence-corrected chi connectivity index (χ1v) is 12.6. The second-order valence-electron chi connectivity index (χ2n) is 8.66. The van der Waals surface area contributed by atoms with Crippen molar-refractivity contribution in [3.63, 3.8) is 0 Å². The molecule has 37 heavy (non-hydrogen) atoms. The van der Waals surface area contributed by atoms with E-state index < -0.39 is 0 Å². The SMILES string of the molecule is CCC(C)N(CC(=O)N(CCc1ccc(OC)c(OC)c1)Cc1ccco1)C(=O)Nc1cccc(Cl)c1. The summed E-state index contributed by atoms with van der Waals surface area (Å²) >= 11 is 6.06. The Bertz CT molecular complexity index is 1170. The number of halogens is 1. The molecule has 2 aromatic carbocycles. The molecule has 0 aliphatic carbocycles. The van der Waals surface area contributed by atoms with Gasteiger partial charge in [0.25, 0.3) is 0 Å². The van der Waals surface area contributed by atoms with Gasteiger partial charge in [-0.1, -0.05) is 30.7 Å². The molecule has 0 saturated carbocycles. The number of methoxy groups -OCH3 is 2. The molecule has 3 amide bonds. The summed E-state index contributed by atoms with van der Waals surface area (Å²) in [6, 6.07) is 15.7. The number of anilines is 1. The molecule has 1 aromatic heterocycles. The number of ether oxygens (including phenoxy) is 2. The molecule has 0 aliphatic rings. The monoisotopic (exact) mass is 527 g/mol. The predicted octanol–water partition coefficient (Wildman–Crippen LogP) is 5.85. The van der Waals surface area contributed by atoms with E-state index in [0.29, 0.717) is 53.9 Å². The minimum Gasteiger partial charge on any atom is -0.493 e. The third-order valence-electron chi connectivity index (χ3n) is 6.16. The molecule has 3 aromatic rings. The lowest BCUT2D eigenvalue weighted by molar-refractivity contribution is -0.133. The highest BCUT2D eigenvalue weighted by Crippen LogP contribution is 2.28. The zero-order valence-electron chi connectivity index (χ0n) is 21.7. The van der Waals surface area contributed by atoms with Gasteiger partial charge in [-0.25, -0.2) is 4.79 Å². The maximum atomic E-state index is 13.6. The van der Waals surface area contributed by atoms with E-state index in [0.717, 1.165) is 5.56 Å². The summed E-state index contributed by atoms with van der Waals surface area (Å²) in [6.07, 6.45) is 2.86. The average Bonchev–Trinajstić information content (AvgIpc) is 3.42. The van der Waals surface area contributed by atoms with Crippen molar-refractivity contribution in [3.8, 4) is 11.5 Å². The summed E-state index contributed by atoms with van der Waals surface area (Å²) in [6.45, 7) is 4.55. The highest BCUT2D eigenvalue weighted by atomic mass is 35.5. The van der Waals surface area contributed by atoms with E-state index in [9.17, 15) is 9.59 Å². The molecular weight excluding hydrogens is 494 g/mol. The Morgan fingerprint density at radius 3 is 2.49 bits per heavy atom. The Hall–Kier alpha value is -3.65. The molecule has 0 bridgehead atoms. The first-order chi connectivity index (χ1) is 17.8. The Morgan fingerprint density at radius 2 is 1.84 bits per heavy atom. The third-order valence-corrected chi connectivity index (χ3v) is 6.40. The van der Waals surface area contributed by atoms with Crippen molar-refractivity contribution in [2.24, 2.45) is 0 Å². The molecule has 0 saturated heterocycles. The van der Waals surface area contributed by atoms with Gasteiger partial charge in [0.15, 0.2) is 11.5 Å². The van der Waals surface area contributed by atoms with Crippen LogP contribution in [0.4, 0.5) is 10.5 Å². The number of benzene rings is 2. The molecule has 198 valence electrons. The Labute approximate surface area is 223 Å². The first kappa shape index (κ1) is 27.9. The van der Waals surface area contributed by atoms with E-state index in [4.69, 9.17) is 25.5 Å². The van der Waals surface area contributed by atoms with Gasteiger partial charge in [-0.05, 0) is 67.8 Å². The number of amides is 3. The molecule has 9 heteroatoms. The van der Waals surface area contributed by atoms with Crippen LogP contribution in [0.25, 0.3) is 0 Å². The van der Waals surface area contributed by atoms with E-state index in [-0.39, 0.29) is 24.5 Å². The van der Waals surface area contributed by atoms with Crippen LogP contribution in [0.5, 0.6) is 11.5 Å². The quantitative estimate of drug-likeness (QED) is 0.319. The summed E-state index contributed by atoms with van der Waals surface area (Å²) < 4.78 is 16.2. The second-order valence-corrected chi connectivity index (χ2v) is 9.10. The summed E-state index contributed by atoms with van der Waals surface area (Å²) in [5.74, 6) is 1.76. The maximum absolute atomic E-state index is 13.6. The van der Waals surface area contributed by atoms with Crippen LogP contribution < -0.4 is 14.8 Å². The summed E-state index contributed by atoms with van der Waals surface area (Å²) in [7, 11) is 3.18. The van der Waals surface area contributed by atoms with Crippen LogP contribution in [0, 0.1) is 0 Å². The van der Waals surface area contributed by atoms with Gasteiger partial charge in [-0.3, -0.25) is 4.79 Å². The minimum absolute atomic E-state index is 0.0753. The summed E-state index contributed by atoms with van der Waals surface area (Å²) in [5, 5.41) is 3.37. The van der Waals surface area contributed by atoms with E-state index in [1.807, 2.05) is 38.1 Å². The van der Waals surface area contributed by atoms with Crippen LogP contribution in [0.3, 0.4) is 0 Å².